The van der Waals surface area contributed by atoms with Crippen molar-refractivity contribution >= 4 is 15.9 Å². The lowest BCUT2D eigenvalue weighted by Gasteiger charge is -2.25. The summed E-state index contributed by atoms with van der Waals surface area (Å²) in [6, 6.07) is 12.0. The van der Waals surface area contributed by atoms with E-state index in [1.807, 2.05) is 38.1 Å². The number of hydrogen-bond donors (Lipinski definition) is 2. The molecule has 0 fully saturated rings. The topological polar surface area (TPSA) is 50.7 Å². The Morgan fingerprint density at radius 1 is 1.16 bits per heavy atom. The van der Waals surface area contributed by atoms with Crippen molar-refractivity contribution < 1.29 is 14.6 Å². The maximum Gasteiger partial charge on any atom is 0.167 e. The van der Waals surface area contributed by atoms with Crippen molar-refractivity contribution in [3.8, 4) is 11.5 Å². The molecular formula is C20H26BrNO3. The molecule has 0 atom stereocenters. The van der Waals surface area contributed by atoms with Crippen molar-refractivity contribution in [3.63, 3.8) is 0 Å². The predicted molar refractivity (Wildman–Crippen MR) is 104 cm³/mol. The lowest BCUT2D eigenvalue weighted by Crippen LogP contribution is -2.42. The van der Waals surface area contributed by atoms with Gasteiger partial charge < -0.3 is 19.9 Å². The van der Waals surface area contributed by atoms with E-state index < -0.39 is 0 Å². The highest BCUT2D eigenvalue weighted by molar-refractivity contribution is 9.10. The zero-order valence-electron chi connectivity index (χ0n) is 15.2. The Morgan fingerprint density at radius 2 is 1.88 bits per heavy atom. The fraction of sp³-hybridized carbons (Fsp3) is 0.400. The number of aliphatic hydroxyl groups is 1. The number of hydrogen-bond acceptors (Lipinski definition) is 4. The molecule has 136 valence electrons. The van der Waals surface area contributed by atoms with Crippen LogP contribution in [0.2, 0.25) is 0 Å². The first-order chi connectivity index (χ1) is 11.9. The molecule has 0 spiro atoms. The van der Waals surface area contributed by atoms with Crippen LogP contribution in [-0.2, 0) is 13.2 Å². The van der Waals surface area contributed by atoms with Crippen LogP contribution < -0.4 is 14.8 Å². The Kier molecular flexibility index (Phi) is 6.87. The molecule has 0 amide bonds. The third kappa shape index (κ3) is 5.21. The summed E-state index contributed by atoms with van der Waals surface area (Å²) >= 11 is 3.60. The van der Waals surface area contributed by atoms with Gasteiger partial charge in [-0.25, -0.2) is 0 Å². The van der Waals surface area contributed by atoms with Gasteiger partial charge in [-0.05, 0) is 44.0 Å². The molecule has 0 heterocycles. The number of nitrogens with one attached hydrogen (secondary N) is 1. The number of halogens is 1. The van der Waals surface area contributed by atoms with Crippen molar-refractivity contribution in [1.82, 2.24) is 5.32 Å². The lowest BCUT2D eigenvalue weighted by atomic mass is 10.1. The maximum atomic E-state index is 9.46. The third-order valence-corrected chi connectivity index (χ3v) is 4.90. The minimum absolute atomic E-state index is 0.0496. The summed E-state index contributed by atoms with van der Waals surface area (Å²) in [4.78, 5) is 0. The molecule has 2 rings (SSSR count). The fourth-order valence-electron chi connectivity index (χ4n) is 2.37. The summed E-state index contributed by atoms with van der Waals surface area (Å²) in [6.45, 7) is 7.05. The Morgan fingerprint density at radius 3 is 2.52 bits per heavy atom. The van der Waals surface area contributed by atoms with Crippen molar-refractivity contribution in [2.45, 2.75) is 39.5 Å². The van der Waals surface area contributed by atoms with E-state index in [-0.39, 0.29) is 12.1 Å². The van der Waals surface area contributed by atoms with Gasteiger partial charge in [-0.3, -0.25) is 0 Å². The van der Waals surface area contributed by atoms with Gasteiger partial charge in [0.2, 0.25) is 0 Å². The predicted octanol–water partition coefficient (Wildman–Crippen LogP) is 4.21. The molecule has 4 nitrogen and oxygen atoms in total. The van der Waals surface area contributed by atoms with Crippen LogP contribution >= 0.6 is 15.9 Å². The first kappa shape index (κ1) is 19.8. The number of methoxy groups -OCH3 is 1. The monoisotopic (exact) mass is 407 g/mol. The quantitative estimate of drug-likeness (QED) is 0.687. The number of rotatable bonds is 8. The Hall–Kier alpha value is -1.56. The second kappa shape index (κ2) is 8.70. The number of aryl methyl sites for hydroxylation is 1. The molecule has 0 radical (unpaired) electrons. The number of ether oxygens (including phenoxy) is 2. The highest BCUT2D eigenvalue weighted by Gasteiger charge is 2.20. The van der Waals surface area contributed by atoms with Crippen LogP contribution in [0.15, 0.2) is 40.9 Å². The largest absolute Gasteiger partial charge is 0.493 e. The summed E-state index contributed by atoms with van der Waals surface area (Å²) in [6.07, 6.45) is 0. The van der Waals surface area contributed by atoms with Gasteiger partial charge in [-0.1, -0.05) is 40.2 Å². The smallest absolute Gasteiger partial charge is 0.167 e. The van der Waals surface area contributed by atoms with E-state index >= 15 is 0 Å². The molecule has 25 heavy (non-hydrogen) atoms. The molecule has 0 aliphatic heterocycles. The highest BCUT2D eigenvalue weighted by atomic mass is 79.9. The average Bonchev–Trinajstić information content (AvgIpc) is 2.60. The first-order valence-electron chi connectivity index (χ1n) is 8.26. The van der Waals surface area contributed by atoms with Crippen molar-refractivity contribution in [2.24, 2.45) is 0 Å². The molecule has 0 aliphatic rings. The van der Waals surface area contributed by atoms with Gasteiger partial charge in [0.25, 0.3) is 0 Å². The van der Waals surface area contributed by atoms with E-state index in [2.05, 4.69) is 40.3 Å². The van der Waals surface area contributed by atoms with Gasteiger partial charge in [0, 0.05) is 22.1 Å². The lowest BCUT2D eigenvalue weighted by molar-refractivity contribution is 0.186. The Labute approximate surface area is 158 Å². The Balaban J connectivity index is 2.28. The second-order valence-electron chi connectivity index (χ2n) is 6.67. The summed E-state index contributed by atoms with van der Waals surface area (Å²) in [5.41, 5.74) is 2.92. The van der Waals surface area contributed by atoms with Gasteiger partial charge in [-0.2, -0.15) is 0 Å². The van der Waals surface area contributed by atoms with Crippen LogP contribution in [0.1, 0.15) is 30.5 Å². The molecule has 0 saturated heterocycles. The first-order valence-corrected chi connectivity index (χ1v) is 9.06. The minimum Gasteiger partial charge on any atom is -0.493 e. The molecule has 0 aromatic heterocycles. The standard InChI is InChI=1S/C20H26BrNO3/c1-14-7-5-6-8-15(14)12-25-19-16(11-22-20(2,3)13-23)17(21)9-10-18(19)24-4/h5-10,22-23H,11-13H2,1-4H3. The SMILES string of the molecule is COc1ccc(Br)c(CNC(C)(C)CO)c1OCc1ccccc1C. The minimum atomic E-state index is -0.379. The van der Waals surface area contributed by atoms with E-state index in [0.29, 0.717) is 24.7 Å². The summed E-state index contributed by atoms with van der Waals surface area (Å²) in [7, 11) is 1.64. The van der Waals surface area contributed by atoms with Gasteiger partial charge >= 0.3 is 0 Å². The molecule has 2 N–H and O–H groups in total. The average molecular weight is 408 g/mol. The zero-order chi connectivity index (χ0) is 18.4. The van der Waals surface area contributed by atoms with E-state index in [1.165, 1.54) is 5.56 Å². The highest BCUT2D eigenvalue weighted by Crippen LogP contribution is 2.37. The van der Waals surface area contributed by atoms with E-state index in [0.717, 1.165) is 15.6 Å². The molecule has 0 saturated carbocycles. The molecule has 2 aromatic rings. The fourth-order valence-corrected chi connectivity index (χ4v) is 2.82. The van der Waals surface area contributed by atoms with Gasteiger partial charge in [0.15, 0.2) is 11.5 Å². The van der Waals surface area contributed by atoms with Gasteiger partial charge in [-0.15, -0.1) is 0 Å². The van der Waals surface area contributed by atoms with Crippen LogP contribution in [0, 0.1) is 6.92 Å². The molecule has 0 unspecified atom stereocenters. The molecule has 2 aromatic carbocycles. The van der Waals surface area contributed by atoms with Crippen LogP contribution in [-0.4, -0.2) is 24.4 Å². The van der Waals surface area contributed by atoms with Crippen LogP contribution in [0.4, 0.5) is 0 Å². The third-order valence-electron chi connectivity index (χ3n) is 4.16. The molecule has 0 aliphatic carbocycles. The number of aliphatic hydroxyl groups excluding tert-OH is 1. The summed E-state index contributed by atoms with van der Waals surface area (Å²) < 4.78 is 12.6. The van der Waals surface area contributed by atoms with Crippen LogP contribution in [0.25, 0.3) is 0 Å². The van der Waals surface area contributed by atoms with Crippen LogP contribution in [0.5, 0.6) is 11.5 Å². The molecule has 0 bridgehead atoms. The molecular weight excluding hydrogens is 382 g/mol. The maximum absolute atomic E-state index is 9.46. The van der Waals surface area contributed by atoms with Crippen molar-refractivity contribution in [1.29, 1.82) is 0 Å². The Bertz CT molecular complexity index is 716. The van der Waals surface area contributed by atoms with Crippen molar-refractivity contribution in [2.75, 3.05) is 13.7 Å². The van der Waals surface area contributed by atoms with E-state index in [1.54, 1.807) is 7.11 Å². The van der Waals surface area contributed by atoms with Crippen molar-refractivity contribution in [3.05, 3.63) is 57.6 Å². The van der Waals surface area contributed by atoms with Crippen LogP contribution in [0.3, 0.4) is 0 Å². The van der Waals surface area contributed by atoms with Gasteiger partial charge in [0.05, 0.1) is 13.7 Å². The normalized spacial score (nSPS) is 11.4. The molecule has 5 heteroatoms. The zero-order valence-corrected chi connectivity index (χ0v) is 16.8. The summed E-state index contributed by atoms with van der Waals surface area (Å²) in [5.74, 6) is 1.40. The van der Waals surface area contributed by atoms with E-state index in [4.69, 9.17) is 9.47 Å². The number of benzene rings is 2. The summed E-state index contributed by atoms with van der Waals surface area (Å²) in [5, 5.41) is 12.8. The second-order valence-corrected chi connectivity index (χ2v) is 7.52. The van der Waals surface area contributed by atoms with Gasteiger partial charge in [0.1, 0.15) is 6.61 Å². The van der Waals surface area contributed by atoms with E-state index in [9.17, 15) is 5.11 Å².